The molecule has 126 valence electrons. The molecule has 2 heteroatoms. The van der Waals surface area contributed by atoms with Crippen molar-refractivity contribution in [3.63, 3.8) is 0 Å². The van der Waals surface area contributed by atoms with E-state index in [-0.39, 0.29) is 12.0 Å². The van der Waals surface area contributed by atoms with Gasteiger partial charge in [0.15, 0.2) is 0 Å². The third-order valence-electron chi connectivity index (χ3n) is 4.05. The maximum atomic E-state index is 11.1. The summed E-state index contributed by atoms with van der Waals surface area (Å²) in [6, 6.07) is -2.20. The van der Waals surface area contributed by atoms with Gasteiger partial charge in [-0.2, -0.15) is 0 Å². The Morgan fingerprint density at radius 2 is 2.35 bits per heavy atom. The van der Waals surface area contributed by atoms with Crippen LogP contribution < -0.4 is 4.74 Å². The number of ether oxygens (including phenoxy) is 1. The molecule has 2 nitrogen and oxygen atoms in total. The summed E-state index contributed by atoms with van der Waals surface area (Å²) in [7, 11) is 0. The van der Waals surface area contributed by atoms with Gasteiger partial charge < -0.3 is 9.84 Å². The Labute approximate surface area is 161 Å². The Morgan fingerprint density at radius 1 is 1.48 bits per heavy atom. The molecule has 0 amide bonds. The minimum absolute atomic E-state index is 0.0752. The number of aromatic hydroxyl groups is 1. The van der Waals surface area contributed by atoms with Gasteiger partial charge in [0.1, 0.15) is 17.1 Å². The lowest BCUT2D eigenvalue weighted by molar-refractivity contribution is 0.0107. The summed E-state index contributed by atoms with van der Waals surface area (Å²) in [5.74, 6) is -7.45. The van der Waals surface area contributed by atoms with E-state index in [9.17, 15) is 6.48 Å². The summed E-state index contributed by atoms with van der Waals surface area (Å²) in [6.45, 7) is -8.65. The van der Waals surface area contributed by atoms with E-state index < -0.39 is 91.5 Å². The molecule has 0 saturated carbocycles. The molecule has 3 rings (SSSR count). The van der Waals surface area contributed by atoms with Crippen LogP contribution in [-0.4, -0.2) is 10.7 Å². The summed E-state index contributed by atoms with van der Waals surface area (Å²) in [6.07, 6.45) is -2.37. The topological polar surface area (TPSA) is 29.5 Å². The van der Waals surface area contributed by atoms with E-state index in [1.807, 2.05) is 6.92 Å². The molecule has 0 saturated heterocycles. The lowest BCUT2D eigenvalue weighted by atomic mass is 9.68. The number of allylic oxidation sites excluding steroid dienone is 2. The van der Waals surface area contributed by atoms with E-state index >= 15 is 0 Å². The predicted octanol–water partition coefficient (Wildman–Crippen LogP) is 5.74. The van der Waals surface area contributed by atoms with Crippen LogP contribution >= 0.6 is 0 Å². The van der Waals surface area contributed by atoms with Gasteiger partial charge in [0.25, 0.3) is 0 Å². The minimum atomic E-state index is -3.74. The molecule has 1 aliphatic heterocycles. The monoisotopic (exact) mass is 329 g/mol. The van der Waals surface area contributed by atoms with Gasteiger partial charge in [-0.1, -0.05) is 31.4 Å². The van der Waals surface area contributed by atoms with Crippen LogP contribution in [0.5, 0.6) is 11.5 Å². The quantitative estimate of drug-likeness (QED) is 0.564. The Bertz CT molecular complexity index is 1130. The highest BCUT2D eigenvalue weighted by Gasteiger charge is 2.45. The highest BCUT2D eigenvalue weighted by Crippen LogP contribution is 2.53. The van der Waals surface area contributed by atoms with E-state index in [0.29, 0.717) is 12.8 Å². The molecule has 0 bridgehead atoms. The summed E-state index contributed by atoms with van der Waals surface area (Å²) in [5.41, 5.74) is -5.23. The molecule has 2 atom stereocenters. The number of hydrogen-bond acceptors (Lipinski definition) is 2. The molecule has 1 N–H and O–H groups in total. The molecule has 0 radical (unpaired) electrons. The van der Waals surface area contributed by atoms with Crippen LogP contribution in [0.2, 0.25) is 0 Å². The van der Waals surface area contributed by atoms with Gasteiger partial charge >= 0.3 is 0 Å². The van der Waals surface area contributed by atoms with Crippen LogP contribution in [0.25, 0.3) is 0 Å². The number of phenols is 1. The fourth-order valence-corrected chi connectivity index (χ4v) is 2.91. The van der Waals surface area contributed by atoms with Gasteiger partial charge in [0.2, 0.25) is 0 Å². The smallest absolute Gasteiger partial charge is 0.127 e. The number of phenolic OH excluding ortho intramolecular Hbond substituents is 1. The van der Waals surface area contributed by atoms with E-state index in [4.69, 9.17) is 23.9 Å². The molecule has 2 aliphatic rings. The lowest BCUT2D eigenvalue weighted by Gasteiger charge is -2.46. The fourth-order valence-electron chi connectivity index (χ4n) is 2.91. The number of rotatable bonds is 4. The lowest BCUT2D eigenvalue weighted by Crippen LogP contribution is -2.45. The van der Waals surface area contributed by atoms with Crippen LogP contribution in [0.1, 0.15) is 97.1 Å². The average Bonchev–Trinajstić information content (AvgIpc) is 2.74. The van der Waals surface area contributed by atoms with Gasteiger partial charge in [0, 0.05) is 33.8 Å². The Hall–Kier alpha value is -1.44. The largest absolute Gasteiger partial charge is 0.507 e. The first-order valence-corrected chi connectivity index (χ1v) is 7.77. The Balaban J connectivity index is 2.61. The maximum Gasteiger partial charge on any atom is 0.127 e. The molecule has 1 aliphatic carbocycles. The van der Waals surface area contributed by atoms with Crippen molar-refractivity contribution in [1.82, 2.24) is 0 Å². The van der Waals surface area contributed by atoms with E-state index in [1.54, 1.807) is 0 Å². The van der Waals surface area contributed by atoms with E-state index in [2.05, 4.69) is 0 Å². The first-order valence-electron chi connectivity index (χ1n) is 15.3. The third-order valence-corrected chi connectivity index (χ3v) is 4.05. The second-order valence-corrected chi connectivity index (χ2v) is 5.88. The second-order valence-electron chi connectivity index (χ2n) is 5.88. The zero-order chi connectivity index (χ0) is 29.4. The molecule has 0 unspecified atom stereocenters. The van der Waals surface area contributed by atoms with Crippen molar-refractivity contribution in [3.05, 3.63) is 34.8 Å². The van der Waals surface area contributed by atoms with Crippen LogP contribution in [0.3, 0.4) is 0 Å². The SMILES string of the molecule is [2H]C1=C(C([2H])([2H])[2H])CC([2H])([2H])[C@]2([2H])[C@@H]1c1c(O)c([2H])c(CCCCC)c([2H])c1OC2(C([2H])([2H])[2H])C([2H])([2H])[2H]. The zero-order valence-electron chi connectivity index (χ0n) is 28.0. The van der Waals surface area contributed by atoms with Gasteiger partial charge in [0.05, 0.1) is 4.11 Å². The van der Waals surface area contributed by atoms with Crippen molar-refractivity contribution in [2.24, 2.45) is 5.89 Å². The van der Waals surface area contributed by atoms with Gasteiger partial charge in [-0.25, -0.2) is 0 Å². The van der Waals surface area contributed by atoms with Crippen LogP contribution in [0, 0.1) is 5.89 Å². The van der Waals surface area contributed by atoms with E-state index in [0.717, 1.165) is 6.42 Å². The van der Waals surface area contributed by atoms with Crippen LogP contribution in [-0.2, 0) is 6.42 Å². The van der Waals surface area contributed by atoms with Gasteiger partial charge in [-0.15, -0.1) is 0 Å². The van der Waals surface area contributed by atoms with Crippen molar-refractivity contribution < 1.29 is 30.4 Å². The highest BCUT2D eigenvalue weighted by atomic mass is 16.5. The maximum absolute atomic E-state index is 11.1. The van der Waals surface area contributed by atoms with Crippen molar-refractivity contribution in [1.29, 1.82) is 0 Å². The molecule has 0 spiro atoms. The van der Waals surface area contributed by atoms with Crippen molar-refractivity contribution in [2.75, 3.05) is 0 Å². The number of benzene rings is 1. The molecule has 23 heavy (non-hydrogen) atoms. The van der Waals surface area contributed by atoms with Crippen LogP contribution in [0.15, 0.2) is 23.7 Å². The number of unbranched alkanes of at least 4 members (excludes halogenated alkanes) is 2. The standard InChI is InChI=1S/C21H30O2/c1-5-6-7-8-15-12-18(22)20-16-11-14(2)9-10-17(16)21(3,4)23-19(20)13-15/h11-13,16-17,22H,5-10H2,1-4H3/t16-,17-/m1/s1/i2D3,3D3,4D3,10D2,11D,12D,13D,17D. The second kappa shape index (κ2) is 6.22. The van der Waals surface area contributed by atoms with Crippen molar-refractivity contribution >= 4 is 0 Å². The zero-order valence-corrected chi connectivity index (χ0v) is 13.0. The molecular formula is C21H30O2. The Morgan fingerprint density at radius 3 is 3.09 bits per heavy atom. The molecule has 1 aromatic rings. The highest BCUT2D eigenvalue weighted by molar-refractivity contribution is 5.53. The first-order chi connectivity index (χ1) is 17.0. The summed E-state index contributed by atoms with van der Waals surface area (Å²) < 4.78 is 131. The summed E-state index contributed by atoms with van der Waals surface area (Å²) in [5, 5.41) is 11.1. The molecular weight excluding hydrogens is 284 g/mol. The van der Waals surface area contributed by atoms with Crippen molar-refractivity contribution in [2.45, 2.75) is 77.5 Å². The molecule has 0 aromatic heterocycles. The fraction of sp³-hybridized carbons (Fsp3) is 0.619. The summed E-state index contributed by atoms with van der Waals surface area (Å²) in [4.78, 5) is 0. The van der Waals surface area contributed by atoms with Gasteiger partial charge in [-0.05, 0) is 63.8 Å². The predicted molar refractivity (Wildman–Crippen MR) is 95.3 cm³/mol. The van der Waals surface area contributed by atoms with E-state index in [1.165, 1.54) is 0 Å². The van der Waals surface area contributed by atoms with Crippen LogP contribution in [0.4, 0.5) is 0 Å². The summed E-state index contributed by atoms with van der Waals surface area (Å²) >= 11 is 0. The molecule has 0 fully saturated rings. The van der Waals surface area contributed by atoms with Gasteiger partial charge in [-0.3, -0.25) is 0 Å². The number of fused-ring (bicyclic) bond motifs is 3. The average molecular weight is 330 g/mol. The molecule has 1 heterocycles. The minimum Gasteiger partial charge on any atom is -0.507 e. The first kappa shape index (κ1) is 6.13. The molecule has 1 aromatic carbocycles. The number of hydrogen-bond donors (Lipinski definition) is 1. The normalized spacial score (nSPS) is 42.1. The van der Waals surface area contributed by atoms with Crippen molar-refractivity contribution in [3.8, 4) is 11.5 Å². The Kier molecular flexibility index (Phi) is 1.66. The third kappa shape index (κ3) is 3.13.